The van der Waals surface area contributed by atoms with Crippen molar-refractivity contribution in [2.75, 3.05) is 27.2 Å². The topological polar surface area (TPSA) is 71.5 Å². The Hall–Kier alpha value is -1.82. The van der Waals surface area contributed by atoms with Crippen LogP contribution in [0.15, 0.2) is 29.5 Å². The Bertz CT molecular complexity index is 446. The maximum Gasteiger partial charge on any atom is 0.188 e. The standard InChI is InChI=1S/C13H24N6/c1-10(2)6-15-13(14)16-8-12(18(3)4)11-7-17-19(5)9-11/h7,9,12H,1,6,8H2,2-5H3,(H3,14,15,16). The summed E-state index contributed by atoms with van der Waals surface area (Å²) < 4.78 is 1.79. The number of aryl methyl sites for hydroxylation is 1. The molecule has 0 fully saturated rings. The van der Waals surface area contributed by atoms with E-state index in [0.717, 1.165) is 11.1 Å². The quantitative estimate of drug-likeness (QED) is 0.446. The van der Waals surface area contributed by atoms with Crippen molar-refractivity contribution >= 4 is 5.96 Å². The van der Waals surface area contributed by atoms with Crippen molar-refractivity contribution < 1.29 is 0 Å². The summed E-state index contributed by atoms with van der Waals surface area (Å²) in [7, 11) is 5.94. The second-order valence-electron chi connectivity index (χ2n) is 4.96. The Labute approximate surface area is 115 Å². The van der Waals surface area contributed by atoms with Crippen LogP contribution in [0.3, 0.4) is 0 Å². The number of likely N-dealkylation sites (N-methyl/N-ethyl adjacent to an activating group) is 1. The Morgan fingerprint density at radius 3 is 2.79 bits per heavy atom. The molecule has 106 valence electrons. The first-order valence-corrected chi connectivity index (χ1v) is 6.23. The molecule has 0 amide bonds. The van der Waals surface area contributed by atoms with Crippen LogP contribution in [-0.4, -0.2) is 47.8 Å². The summed E-state index contributed by atoms with van der Waals surface area (Å²) in [5.41, 5.74) is 7.96. The highest BCUT2D eigenvalue weighted by Crippen LogP contribution is 2.17. The second-order valence-corrected chi connectivity index (χ2v) is 4.96. The molecule has 0 saturated heterocycles. The summed E-state index contributed by atoms with van der Waals surface area (Å²) in [6.07, 6.45) is 3.86. The Morgan fingerprint density at radius 2 is 2.32 bits per heavy atom. The van der Waals surface area contributed by atoms with E-state index in [1.54, 1.807) is 4.68 Å². The summed E-state index contributed by atoms with van der Waals surface area (Å²) in [5, 5.41) is 7.21. The third-order valence-corrected chi connectivity index (χ3v) is 2.74. The van der Waals surface area contributed by atoms with E-state index in [0.29, 0.717) is 19.0 Å². The molecule has 6 nitrogen and oxygen atoms in total. The average Bonchev–Trinajstić information content (AvgIpc) is 2.73. The lowest BCUT2D eigenvalue weighted by Gasteiger charge is -2.21. The first kappa shape index (κ1) is 15.2. The van der Waals surface area contributed by atoms with E-state index in [1.165, 1.54) is 0 Å². The summed E-state index contributed by atoms with van der Waals surface area (Å²) in [4.78, 5) is 6.47. The molecular weight excluding hydrogens is 240 g/mol. The molecule has 0 saturated carbocycles. The van der Waals surface area contributed by atoms with Crippen LogP contribution in [-0.2, 0) is 7.05 Å². The molecule has 1 atom stereocenters. The molecule has 0 aliphatic heterocycles. The predicted octanol–water partition coefficient (Wildman–Crippen LogP) is 0.503. The number of nitrogens with one attached hydrogen (secondary N) is 1. The van der Waals surface area contributed by atoms with Crippen LogP contribution in [0.1, 0.15) is 18.5 Å². The largest absolute Gasteiger partial charge is 0.370 e. The number of guanidine groups is 1. The van der Waals surface area contributed by atoms with Gasteiger partial charge >= 0.3 is 0 Å². The van der Waals surface area contributed by atoms with Crippen LogP contribution in [0.5, 0.6) is 0 Å². The van der Waals surface area contributed by atoms with Gasteiger partial charge < -0.3 is 16.0 Å². The van der Waals surface area contributed by atoms with Gasteiger partial charge in [-0.1, -0.05) is 12.2 Å². The number of nitrogens with zero attached hydrogens (tertiary/aromatic N) is 4. The van der Waals surface area contributed by atoms with Gasteiger partial charge in [0.05, 0.1) is 18.8 Å². The van der Waals surface area contributed by atoms with Gasteiger partial charge in [-0.3, -0.25) is 9.67 Å². The minimum absolute atomic E-state index is 0.166. The molecule has 0 spiro atoms. The van der Waals surface area contributed by atoms with Crippen LogP contribution < -0.4 is 11.1 Å². The lowest BCUT2D eigenvalue weighted by atomic mass is 10.1. The molecule has 1 aromatic heterocycles. The van der Waals surface area contributed by atoms with Gasteiger partial charge in [-0.05, 0) is 21.0 Å². The van der Waals surface area contributed by atoms with Crippen LogP contribution in [0.4, 0.5) is 0 Å². The minimum atomic E-state index is 0.166. The fourth-order valence-corrected chi connectivity index (χ4v) is 1.66. The molecule has 0 aliphatic carbocycles. The Balaban J connectivity index is 2.64. The monoisotopic (exact) mass is 264 g/mol. The van der Waals surface area contributed by atoms with Crippen molar-refractivity contribution in [2.24, 2.45) is 17.8 Å². The van der Waals surface area contributed by atoms with Crippen molar-refractivity contribution in [3.8, 4) is 0 Å². The minimum Gasteiger partial charge on any atom is -0.370 e. The smallest absolute Gasteiger partial charge is 0.188 e. The molecule has 1 unspecified atom stereocenters. The van der Waals surface area contributed by atoms with Crippen molar-refractivity contribution in [1.29, 1.82) is 0 Å². The highest BCUT2D eigenvalue weighted by molar-refractivity contribution is 5.78. The number of hydrogen-bond acceptors (Lipinski definition) is 3. The number of nitrogens with two attached hydrogens (primary N) is 1. The predicted molar refractivity (Wildman–Crippen MR) is 78.9 cm³/mol. The maximum atomic E-state index is 5.81. The van der Waals surface area contributed by atoms with E-state index in [2.05, 4.69) is 26.9 Å². The van der Waals surface area contributed by atoms with Gasteiger partial charge in [-0.2, -0.15) is 5.10 Å². The molecule has 1 rings (SSSR count). The highest BCUT2D eigenvalue weighted by Gasteiger charge is 2.15. The van der Waals surface area contributed by atoms with E-state index >= 15 is 0 Å². The zero-order valence-corrected chi connectivity index (χ0v) is 12.2. The zero-order chi connectivity index (χ0) is 14.4. The molecule has 0 aliphatic rings. The van der Waals surface area contributed by atoms with E-state index < -0.39 is 0 Å². The zero-order valence-electron chi connectivity index (χ0n) is 12.2. The van der Waals surface area contributed by atoms with Crippen molar-refractivity contribution in [3.63, 3.8) is 0 Å². The number of aliphatic imine (C=N–C) groups is 1. The van der Waals surface area contributed by atoms with Gasteiger partial charge in [-0.15, -0.1) is 0 Å². The van der Waals surface area contributed by atoms with Crippen LogP contribution >= 0.6 is 0 Å². The number of aromatic nitrogens is 2. The fourth-order valence-electron chi connectivity index (χ4n) is 1.66. The molecule has 6 heteroatoms. The van der Waals surface area contributed by atoms with E-state index in [-0.39, 0.29) is 6.04 Å². The van der Waals surface area contributed by atoms with Gasteiger partial charge in [0.2, 0.25) is 0 Å². The van der Waals surface area contributed by atoms with Gasteiger partial charge in [0.25, 0.3) is 0 Å². The van der Waals surface area contributed by atoms with Crippen molar-refractivity contribution in [3.05, 3.63) is 30.1 Å². The van der Waals surface area contributed by atoms with E-state index in [9.17, 15) is 0 Å². The van der Waals surface area contributed by atoms with Crippen LogP contribution in [0.25, 0.3) is 0 Å². The van der Waals surface area contributed by atoms with Crippen LogP contribution in [0, 0.1) is 0 Å². The lowest BCUT2D eigenvalue weighted by molar-refractivity contribution is 0.306. The molecule has 1 aromatic rings. The van der Waals surface area contributed by atoms with Gasteiger partial charge in [-0.25, -0.2) is 0 Å². The first-order valence-electron chi connectivity index (χ1n) is 6.23. The van der Waals surface area contributed by atoms with Gasteiger partial charge in [0, 0.05) is 25.4 Å². The Morgan fingerprint density at radius 1 is 1.63 bits per heavy atom. The summed E-state index contributed by atoms with van der Waals surface area (Å²) in [5.74, 6) is 0.443. The second kappa shape index (κ2) is 6.94. The molecular formula is C13H24N6. The highest BCUT2D eigenvalue weighted by atomic mass is 15.2. The third kappa shape index (κ3) is 5.13. The molecule has 0 aromatic carbocycles. The Kier molecular flexibility index (Phi) is 5.57. The number of rotatable bonds is 6. The summed E-state index contributed by atoms with van der Waals surface area (Å²) in [6.45, 7) is 6.99. The van der Waals surface area contributed by atoms with Crippen molar-refractivity contribution in [2.45, 2.75) is 13.0 Å². The normalized spacial score (nSPS) is 13.6. The van der Waals surface area contributed by atoms with Crippen LogP contribution in [0.2, 0.25) is 0 Å². The van der Waals surface area contributed by atoms with Gasteiger partial charge in [0.1, 0.15) is 0 Å². The number of hydrogen-bond donors (Lipinski definition) is 2. The molecule has 19 heavy (non-hydrogen) atoms. The first-order chi connectivity index (χ1) is 8.90. The average molecular weight is 264 g/mol. The third-order valence-electron chi connectivity index (χ3n) is 2.74. The molecule has 0 radical (unpaired) electrons. The molecule has 1 heterocycles. The summed E-state index contributed by atoms with van der Waals surface area (Å²) >= 11 is 0. The maximum absolute atomic E-state index is 5.81. The lowest BCUT2D eigenvalue weighted by Crippen LogP contribution is -2.34. The van der Waals surface area contributed by atoms with E-state index in [1.807, 2.05) is 40.5 Å². The molecule has 3 N–H and O–H groups in total. The SMILES string of the molecule is C=C(C)CNC(N)=NCC(c1cnn(C)c1)N(C)C. The summed E-state index contributed by atoms with van der Waals surface area (Å²) in [6, 6.07) is 0.166. The van der Waals surface area contributed by atoms with Crippen molar-refractivity contribution in [1.82, 2.24) is 20.0 Å². The molecule has 0 bridgehead atoms. The fraction of sp³-hybridized carbons (Fsp3) is 0.538. The van der Waals surface area contributed by atoms with Gasteiger partial charge in [0.15, 0.2) is 5.96 Å². The van der Waals surface area contributed by atoms with E-state index in [4.69, 9.17) is 5.73 Å².